The monoisotopic (exact) mass is 740 g/mol. The van der Waals surface area contributed by atoms with Gasteiger partial charge >= 0.3 is 11.7 Å². The highest BCUT2D eigenvalue weighted by atomic mass is 127. The van der Waals surface area contributed by atoms with Crippen LogP contribution in [0, 0.1) is 8.99 Å². The first kappa shape index (κ1) is 33.4. The number of hydrogen-bond acceptors (Lipinski definition) is 8. The number of rotatable bonds is 10. The van der Waals surface area contributed by atoms with E-state index in [0.717, 1.165) is 16.7 Å². The number of nitrogens with zero attached hydrogens (tertiary/aromatic N) is 1. The summed E-state index contributed by atoms with van der Waals surface area (Å²) in [5.41, 5.74) is -0.496. The molecule has 10 nitrogen and oxygen atoms in total. The van der Waals surface area contributed by atoms with Crippen molar-refractivity contribution in [1.82, 2.24) is 9.55 Å². The second-order valence-electron chi connectivity index (χ2n) is 12.0. The molecule has 4 aromatic rings. The number of nitrogens with one attached hydrogen (secondary N) is 1. The highest BCUT2D eigenvalue weighted by molar-refractivity contribution is 14.1. The fourth-order valence-corrected chi connectivity index (χ4v) is 5.85. The Labute approximate surface area is 280 Å². The van der Waals surface area contributed by atoms with Gasteiger partial charge in [-0.05, 0) is 84.3 Å². The van der Waals surface area contributed by atoms with Gasteiger partial charge in [-0.3, -0.25) is 19.1 Å². The van der Waals surface area contributed by atoms with E-state index in [9.17, 15) is 14.4 Å². The number of esters is 1. The Balaban J connectivity index is 1.59. The molecular weight excluding hydrogens is 703 g/mol. The fraction of sp³-hybridized carbons (Fsp3) is 0.343. The maximum absolute atomic E-state index is 13.1. The van der Waals surface area contributed by atoms with Gasteiger partial charge in [-0.15, -0.1) is 0 Å². The Hall–Kier alpha value is -3.94. The number of hydrogen-bond donors (Lipinski definition) is 1. The van der Waals surface area contributed by atoms with E-state index < -0.39 is 46.7 Å². The van der Waals surface area contributed by atoms with E-state index in [1.54, 1.807) is 35.0 Å². The molecule has 46 heavy (non-hydrogen) atoms. The molecule has 1 fully saturated rings. The normalized spacial score (nSPS) is 18.3. The molecule has 1 saturated heterocycles. The van der Waals surface area contributed by atoms with Crippen molar-refractivity contribution in [3.05, 3.63) is 126 Å². The van der Waals surface area contributed by atoms with Crippen molar-refractivity contribution < 1.29 is 28.5 Å². The minimum atomic E-state index is -1.13. The molecule has 2 heterocycles. The van der Waals surface area contributed by atoms with Gasteiger partial charge in [-0.2, -0.15) is 0 Å². The van der Waals surface area contributed by atoms with Gasteiger partial charge in [0.25, 0.3) is 5.56 Å². The summed E-state index contributed by atoms with van der Waals surface area (Å²) in [6.45, 7) is 5.31. The molecule has 0 amide bonds. The zero-order chi connectivity index (χ0) is 33.1. The Morgan fingerprint density at radius 3 is 1.96 bits per heavy atom. The lowest BCUT2D eigenvalue weighted by Gasteiger charge is -2.37. The standard InChI is InChI=1S/C35H37IN2O8/c1-34(2,3)32(40)46-28-19-30(38-20-27(36)31(39)37-33(38)41)45-29(28)21-44-35(22-9-7-6-8-10-22,23-11-15-25(42-4)16-12-23)24-13-17-26(43-5)18-14-24/h6-18,20,28-30H,19,21H2,1-5H3,(H,37,39,41)/t28-,29+,30+/m0/s1. The van der Waals surface area contributed by atoms with Crippen LogP contribution in [0.25, 0.3) is 0 Å². The van der Waals surface area contributed by atoms with Crippen LogP contribution in [0.3, 0.4) is 0 Å². The molecule has 1 N–H and O–H groups in total. The van der Waals surface area contributed by atoms with Gasteiger partial charge in [0, 0.05) is 12.6 Å². The predicted molar refractivity (Wildman–Crippen MR) is 180 cm³/mol. The zero-order valence-corrected chi connectivity index (χ0v) is 28.5. The molecule has 0 radical (unpaired) electrons. The number of carbonyl (C=O) groups is 1. The summed E-state index contributed by atoms with van der Waals surface area (Å²) in [6, 6.07) is 25.1. The topological polar surface area (TPSA) is 118 Å². The molecule has 5 rings (SSSR count). The molecule has 242 valence electrons. The second-order valence-corrected chi connectivity index (χ2v) is 13.2. The summed E-state index contributed by atoms with van der Waals surface area (Å²) < 4.78 is 32.0. The molecule has 11 heteroatoms. The van der Waals surface area contributed by atoms with Gasteiger partial charge in [0.15, 0.2) is 0 Å². The molecule has 0 unspecified atom stereocenters. The summed E-state index contributed by atoms with van der Waals surface area (Å²) in [6.07, 6.45) is -0.680. The number of carbonyl (C=O) groups excluding carboxylic acids is 1. The van der Waals surface area contributed by atoms with Crippen LogP contribution < -0.4 is 20.7 Å². The molecule has 0 bridgehead atoms. The summed E-state index contributed by atoms with van der Waals surface area (Å²) in [4.78, 5) is 40.3. The number of H-pyrrole nitrogens is 1. The lowest BCUT2D eigenvalue weighted by molar-refractivity contribution is -0.165. The average Bonchev–Trinajstić information content (AvgIpc) is 3.45. The van der Waals surface area contributed by atoms with Gasteiger partial charge in [-0.1, -0.05) is 54.6 Å². The maximum Gasteiger partial charge on any atom is 0.330 e. The van der Waals surface area contributed by atoms with Gasteiger partial charge < -0.3 is 23.7 Å². The zero-order valence-electron chi connectivity index (χ0n) is 26.3. The molecule has 3 atom stereocenters. The Kier molecular flexibility index (Phi) is 10.0. The van der Waals surface area contributed by atoms with Crippen molar-refractivity contribution in [2.45, 2.75) is 51.2 Å². The number of ether oxygens (including phenoxy) is 5. The van der Waals surface area contributed by atoms with Crippen molar-refractivity contribution in [3.8, 4) is 11.5 Å². The minimum absolute atomic E-state index is 0.0132. The van der Waals surface area contributed by atoms with Gasteiger partial charge in [0.05, 0.1) is 29.8 Å². The third-order valence-electron chi connectivity index (χ3n) is 7.92. The predicted octanol–water partition coefficient (Wildman–Crippen LogP) is 5.41. The van der Waals surface area contributed by atoms with Crippen molar-refractivity contribution in [2.24, 2.45) is 5.41 Å². The van der Waals surface area contributed by atoms with Crippen LogP contribution >= 0.6 is 22.6 Å². The largest absolute Gasteiger partial charge is 0.497 e. The van der Waals surface area contributed by atoms with E-state index in [0.29, 0.717) is 15.1 Å². The molecule has 1 aromatic heterocycles. The molecule has 0 spiro atoms. The summed E-state index contributed by atoms with van der Waals surface area (Å²) >= 11 is 1.86. The van der Waals surface area contributed by atoms with Gasteiger partial charge in [-0.25, -0.2) is 4.79 Å². The molecular formula is C35H37IN2O8. The van der Waals surface area contributed by atoms with Crippen molar-refractivity contribution in [3.63, 3.8) is 0 Å². The first-order valence-corrected chi connectivity index (χ1v) is 15.9. The lowest BCUT2D eigenvalue weighted by Crippen LogP contribution is -2.40. The Bertz CT molecular complexity index is 1710. The third-order valence-corrected chi connectivity index (χ3v) is 8.69. The van der Waals surface area contributed by atoms with E-state index in [4.69, 9.17) is 23.7 Å². The van der Waals surface area contributed by atoms with Crippen LogP contribution in [0.2, 0.25) is 0 Å². The van der Waals surface area contributed by atoms with Crippen LogP contribution in [0.4, 0.5) is 0 Å². The highest BCUT2D eigenvalue weighted by Gasteiger charge is 2.44. The average molecular weight is 741 g/mol. The van der Waals surface area contributed by atoms with Gasteiger partial charge in [0.2, 0.25) is 0 Å². The van der Waals surface area contributed by atoms with E-state index in [1.807, 2.05) is 101 Å². The summed E-state index contributed by atoms with van der Waals surface area (Å²) in [5.74, 6) is 0.977. The van der Waals surface area contributed by atoms with Crippen LogP contribution in [-0.4, -0.2) is 48.6 Å². The molecule has 0 aliphatic carbocycles. The Morgan fingerprint density at radius 1 is 0.891 bits per heavy atom. The molecule has 0 saturated carbocycles. The van der Waals surface area contributed by atoms with Crippen molar-refractivity contribution in [2.75, 3.05) is 20.8 Å². The fourth-order valence-electron chi connectivity index (χ4n) is 5.42. The number of aromatic amines is 1. The summed E-state index contributed by atoms with van der Waals surface area (Å²) in [5, 5.41) is 0. The first-order chi connectivity index (χ1) is 22.0. The van der Waals surface area contributed by atoms with Crippen LogP contribution in [0.1, 0.15) is 50.1 Å². The van der Waals surface area contributed by atoms with E-state index in [2.05, 4.69) is 4.98 Å². The van der Waals surface area contributed by atoms with Crippen molar-refractivity contribution >= 4 is 28.6 Å². The van der Waals surface area contributed by atoms with E-state index in [-0.39, 0.29) is 13.0 Å². The van der Waals surface area contributed by atoms with Crippen LogP contribution in [-0.2, 0) is 24.6 Å². The number of aromatic nitrogens is 2. The van der Waals surface area contributed by atoms with E-state index >= 15 is 0 Å². The highest BCUT2D eigenvalue weighted by Crippen LogP contribution is 2.43. The van der Waals surface area contributed by atoms with Crippen molar-refractivity contribution in [1.29, 1.82) is 0 Å². The van der Waals surface area contributed by atoms with Gasteiger partial charge in [0.1, 0.15) is 35.5 Å². The Morgan fingerprint density at radius 2 is 1.43 bits per heavy atom. The minimum Gasteiger partial charge on any atom is -0.497 e. The number of benzene rings is 3. The van der Waals surface area contributed by atoms with Crippen LogP contribution in [0.5, 0.6) is 11.5 Å². The molecule has 1 aliphatic rings. The second kappa shape index (κ2) is 13.8. The maximum atomic E-state index is 13.1. The third kappa shape index (κ3) is 6.91. The SMILES string of the molecule is COc1ccc(C(OC[C@H]2O[C@@H](n3cc(I)c(=O)[nH]c3=O)C[C@@H]2OC(=O)C(C)(C)C)(c2ccccc2)c2ccc(OC)cc2)cc1. The molecule has 3 aromatic carbocycles. The number of halogens is 1. The van der Waals surface area contributed by atoms with Crippen LogP contribution in [0.15, 0.2) is 94.6 Å². The first-order valence-electron chi connectivity index (χ1n) is 14.8. The summed E-state index contributed by atoms with van der Waals surface area (Å²) in [7, 11) is 3.22. The lowest BCUT2D eigenvalue weighted by atomic mass is 9.80. The van der Waals surface area contributed by atoms with E-state index in [1.165, 1.54) is 10.8 Å². The quantitative estimate of drug-likeness (QED) is 0.130. The number of methoxy groups -OCH3 is 2. The molecule has 1 aliphatic heterocycles. The smallest absolute Gasteiger partial charge is 0.330 e.